The molecule has 0 saturated carbocycles. The zero-order valence-corrected chi connectivity index (χ0v) is 20.0. The third kappa shape index (κ3) is 11.3. The van der Waals surface area contributed by atoms with E-state index in [-0.39, 0.29) is 13.2 Å². The van der Waals surface area contributed by atoms with E-state index >= 15 is 0 Å². The maximum Gasteiger partial charge on any atom is 0.366 e. The van der Waals surface area contributed by atoms with Gasteiger partial charge in [-0.1, -0.05) is 46.0 Å². The molecule has 1 aromatic rings. The lowest BCUT2D eigenvalue weighted by molar-refractivity contribution is -0.671. The molecule has 0 aliphatic heterocycles. The van der Waals surface area contributed by atoms with Gasteiger partial charge in [-0.05, 0) is 12.8 Å². The minimum absolute atomic E-state index is 0.0258. The van der Waals surface area contributed by atoms with Crippen LogP contribution in [0.1, 0.15) is 65.7 Å². The number of carbonyl (C=O) groups excluding carboxylic acids is 2. The van der Waals surface area contributed by atoms with Crippen molar-refractivity contribution in [2.24, 2.45) is 7.05 Å². The van der Waals surface area contributed by atoms with E-state index in [0.717, 1.165) is 12.8 Å². The first-order valence-electron chi connectivity index (χ1n) is 10.4. The van der Waals surface area contributed by atoms with Gasteiger partial charge in [-0.3, -0.25) is 4.18 Å². The van der Waals surface area contributed by atoms with Crippen LogP contribution in [0.15, 0.2) is 18.7 Å². The molecule has 0 aliphatic carbocycles. The van der Waals surface area contributed by atoms with Gasteiger partial charge in [0.25, 0.3) is 0 Å². The Bertz CT molecular complexity index is 763. The molecule has 0 spiro atoms. The molecule has 180 valence electrons. The maximum atomic E-state index is 12.1. The smallest absolute Gasteiger partial charge is 0.366 e. The Labute approximate surface area is 185 Å². The highest BCUT2D eigenvalue weighted by Crippen LogP contribution is 2.19. The number of ether oxygens (including phenoxy) is 2. The number of rotatable bonds is 13. The lowest BCUT2D eigenvalue weighted by Gasteiger charge is -2.21. The summed E-state index contributed by atoms with van der Waals surface area (Å²) in [6, 6.07) is 0. The van der Waals surface area contributed by atoms with E-state index in [1.54, 1.807) is 30.3 Å². The number of aromatic nitrogens is 2. The summed E-state index contributed by atoms with van der Waals surface area (Å²) >= 11 is 0. The van der Waals surface area contributed by atoms with Crippen molar-refractivity contribution in [2.45, 2.75) is 71.3 Å². The number of nitrogens with zero attached hydrogens (tertiary/aromatic N) is 2. The summed E-state index contributed by atoms with van der Waals surface area (Å²) in [5, 5.41) is 0. The van der Waals surface area contributed by atoms with E-state index in [9.17, 15) is 22.6 Å². The molecule has 1 unspecified atom stereocenters. The van der Waals surface area contributed by atoms with Crippen LogP contribution in [-0.2, 0) is 46.2 Å². The third-order valence-electron chi connectivity index (χ3n) is 4.43. The van der Waals surface area contributed by atoms with E-state index in [1.165, 1.54) is 37.9 Å². The van der Waals surface area contributed by atoms with Gasteiger partial charge in [0.15, 0.2) is 0 Å². The van der Waals surface area contributed by atoms with Crippen molar-refractivity contribution in [1.29, 1.82) is 0 Å². The molecular formula is C20H36N2O8S. The minimum Gasteiger partial charge on any atom is -0.726 e. The van der Waals surface area contributed by atoms with Crippen LogP contribution in [0.4, 0.5) is 0 Å². The van der Waals surface area contributed by atoms with Gasteiger partial charge >= 0.3 is 17.5 Å². The summed E-state index contributed by atoms with van der Waals surface area (Å²) in [5.74, 6) is -1.27. The lowest BCUT2D eigenvalue weighted by Crippen LogP contribution is -2.48. The number of imidazole rings is 1. The van der Waals surface area contributed by atoms with Gasteiger partial charge in [-0.25, -0.2) is 27.1 Å². The Kier molecular flexibility index (Phi) is 14.0. The summed E-state index contributed by atoms with van der Waals surface area (Å²) in [6.07, 6.45) is 11.9. The fourth-order valence-corrected chi connectivity index (χ4v) is 2.91. The fourth-order valence-electron chi connectivity index (χ4n) is 2.59. The zero-order chi connectivity index (χ0) is 23.9. The van der Waals surface area contributed by atoms with Crippen molar-refractivity contribution in [1.82, 2.24) is 4.57 Å². The van der Waals surface area contributed by atoms with Gasteiger partial charge < -0.3 is 14.0 Å². The quantitative estimate of drug-likeness (QED) is 0.108. The van der Waals surface area contributed by atoms with Crippen LogP contribution in [0, 0.1) is 0 Å². The highest BCUT2D eigenvalue weighted by Gasteiger charge is 2.50. The molecule has 0 bridgehead atoms. The van der Waals surface area contributed by atoms with Crippen molar-refractivity contribution in [2.75, 3.05) is 20.3 Å². The first-order chi connectivity index (χ1) is 14.5. The molecule has 0 amide bonds. The maximum absolute atomic E-state index is 12.1. The van der Waals surface area contributed by atoms with Gasteiger partial charge in [0, 0.05) is 6.92 Å². The average molecular weight is 465 g/mol. The summed E-state index contributed by atoms with van der Waals surface area (Å²) in [4.78, 5) is 24.0. The first kappa shape index (κ1) is 29.0. The van der Waals surface area contributed by atoms with Crippen LogP contribution in [-0.4, -0.2) is 49.8 Å². The van der Waals surface area contributed by atoms with Gasteiger partial charge in [0.05, 0.1) is 27.4 Å². The van der Waals surface area contributed by atoms with Crippen LogP contribution in [0.5, 0.6) is 0 Å². The fraction of sp³-hybridized carbons (Fsp3) is 0.750. The Morgan fingerprint density at radius 3 is 2.13 bits per heavy atom. The predicted molar refractivity (Wildman–Crippen MR) is 112 cm³/mol. The summed E-state index contributed by atoms with van der Waals surface area (Å²) in [5.41, 5.74) is -1.49. The molecule has 1 aromatic heterocycles. The Morgan fingerprint density at radius 2 is 1.65 bits per heavy atom. The topological polar surface area (TPSA) is 128 Å². The molecule has 0 radical (unpaired) electrons. The SMILES string of the molecule is CCCCCCCCOS(=O)(=O)[O-].CCCOC(=O)C(C)(C(=O)OC)n1cc[n+](C)c1. The number of carbonyl (C=O) groups is 2. The first-order valence-corrected chi connectivity index (χ1v) is 11.8. The molecule has 0 N–H and O–H groups in total. The molecular weight excluding hydrogens is 428 g/mol. The number of unbranched alkanes of at least 4 members (excludes halogenated alkanes) is 5. The van der Waals surface area contributed by atoms with Gasteiger partial charge in [-0.15, -0.1) is 0 Å². The molecule has 0 saturated heterocycles. The van der Waals surface area contributed by atoms with Gasteiger partial charge in [0.1, 0.15) is 12.4 Å². The number of hydrogen-bond acceptors (Lipinski definition) is 8. The second-order valence-electron chi connectivity index (χ2n) is 7.18. The second-order valence-corrected chi connectivity index (χ2v) is 8.24. The number of aryl methyl sites for hydroxylation is 1. The number of hydrogen-bond donors (Lipinski definition) is 0. The van der Waals surface area contributed by atoms with Crippen molar-refractivity contribution < 1.29 is 40.8 Å². The molecule has 31 heavy (non-hydrogen) atoms. The molecule has 1 atom stereocenters. The van der Waals surface area contributed by atoms with E-state index in [1.807, 2.05) is 6.92 Å². The van der Waals surface area contributed by atoms with Crippen LogP contribution < -0.4 is 4.57 Å². The van der Waals surface area contributed by atoms with E-state index in [2.05, 4.69) is 11.1 Å². The van der Waals surface area contributed by atoms with Crippen molar-refractivity contribution in [3.05, 3.63) is 18.7 Å². The predicted octanol–water partition coefficient (Wildman–Crippen LogP) is 1.98. The van der Waals surface area contributed by atoms with E-state index < -0.39 is 27.9 Å². The summed E-state index contributed by atoms with van der Waals surface area (Å²) in [7, 11) is -1.43. The third-order valence-corrected chi connectivity index (χ3v) is 4.88. The Hall–Kier alpha value is -1.98. The largest absolute Gasteiger partial charge is 0.726 e. The average Bonchev–Trinajstić information content (AvgIpc) is 3.16. The molecule has 1 rings (SSSR count). The number of methoxy groups -OCH3 is 1. The molecule has 0 aromatic carbocycles. The Morgan fingerprint density at radius 1 is 1.03 bits per heavy atom. The normalized spacial score (nSPS) is 13.0. The molecule has 0 aliphatic rings. The minimum atomic E-state index is -4.47. The standard InChI is InChI=1S/C12H19N2O4.C8H18O4S/c1-5-8-18-11(16)12(2,10(15)17-4)14-7-6-13(3)9-14;1-2-3-4-5-6-7-8-12-13(9,10)11/h6-7,9H,5,8H2,1-4H3;2-8H2,1H3,(H,9,10,11)/q+1;/p-1. The van der Waals surface area contributed by atoms with Crippen LogP contribution in [0.2, 0.25) is 0 Å². The zero-order valence-electron chi connectivity index (χ0n) is 19.2. The summed E-state index contributed by atoms with van der Waals surface area (Å²) in [6.45, 7) is 5.80. The van der Waals surface area contributed by atoms with E-state index in [0.29, 0.717) is 12.8 Å². The van der Waals surface area contributed by atoms with Crippen LogP contribution in [0.3, 0.4) is 0 Å². The van der Waals surface area contributed by atoms with Crippen molar-refractivity contribution >= 4 is 22.3 Å². The van der Waals surface area contributed by atoms with Crippen molar-refractivity contribution in [3.63, 3.8) is 0 Å². The molecule has 11 heteroatoms. The Balaban J connectivity index is 0.000000615. The van der Waals surface area contributed by atoms with Crippen LogP contribution in [0.25, 0.3) is 0 Å². The van der Waals surface area contributed by atoms with Crippen molar-refractivity contribution in [3.8, 4) is 0 Å². The van der Waals surface area contributed by atoms with Gasteiger partial charge in [-0.2, -0.15) is 0 Å². The van der Waals surface area contributed by atoms with E-state index in [4.69, 9.17) is 9.47 Å². The molecule has 0 fully saturated rings. The number of esters is 2. The van der Waals surface area contributed by atoms with Crippen LogP contribution >= 0.6 is 0 Å². The summed E-state index contributed by atoms with van der Waals surface area (Å²) < 4.78 is 47.0. The lowest BCUT2D eigenvalue weighted by atomic mass is 10.0. The highest BCUT2D eigenvalue weighted by atomic mass is 32.3. The van der Waals surface area contributed by atoms with Gasteiger partial charge in [0.2, 0.25) is 16.7 Å². The molecule has 10 nitrogen and oxygen atoms in total. The highest BCUT2D eigenvalue weighted by molar-refractivity contribution is 7.80. The second kappa shape index (κ2) is 14.9. The molecule has 1 heterocycles. The monoisotopic (exact) mass is 464 g/mol.